The highest BCUT2D eigenvalue weighted by Crippen LogP contribution is 2.43. The van der Waals surface area contributed by atoms with Crippen molar-refractivity contribution in [2.45, 2.75) is 37.0 Å². The molecule has 2 aliphatic rings. The molecule has 1 atom stereocenters. The quantitative estimate of drug-likeness (QED) is 0.730. The lowest BCUT2D eigenvalue weighted by molar-refractivity contribution is -0.119. The van der Waals surface area contributed by atoms with E-state index in [0.29, 0.717) is 24.5 Å². The van der Waals surface area contributed by atoms with Crippen molar-refractivity contribution in [3.63, 3.8) is 0 Å². The molecule has 1 amide bonds. The topological polar surface area (TPSA) is 84.9 Å². The number of carbonyl (C=O) groups excluding carboxylic acids is 1. The summed E-state index contributed by atoms with van der Waals surface area (Å²) in [5.74, 6) is 0.992. The maximum absolute atomic E-state index is 12.9. The molecule has 30 heavy (non-hydrogen) atoms. The standard InChI is InChI=1S/C22H26N2O5S/c1-14-18-13-17(12-16-5-4-10-24(21(16)18)22(14)25)30(26,27)23-9-8-15-6-7-19(28-2)20(11-15)29-3/h6-7,11-14,23H,4-5,8-10H2,1-3H3. The lowest BCUT2D eigenvalue weighted by Crippen LogP contribution is -2.32. The molecule has 7 nitrogen and oxygen atoms in total. The summed E-state index contributed by atoms with van der Waals surface area (Å²) >= 11 is 0. The van der Waals surface area contributed by atoms with E-state index in [1.165, 1.54) is 0 Å². The molecule has 0 saturated carbocycles. The van der Waals surface area contributed by atoms with Crippen molar-refractivity contribution in [3.8, 4) is 11.5 Å². The van der Waals surface area contributed by atoms with Gasteiger partial charge in [0, 0.05) is 13.1 Å². The van der Waals surface area contributed by atoms with Crippen LogP contribution in [0, 0.1) is 0 Å². The molecule has 2 aliphatic heterocycles. The summed E-state index contributed by atoms with van der Waals surface area (Å²) in [6.07, 6.45) is 2.15. The van der Waals surface area contributed by atoms with Crippen LogP contribution in [0.4, 0.5) is 5.69 Å². The zero-order valence-corrected chi connectivity index (χ0v) is 18.2. The minimum atomic E-state index is -3.68. The summed E-state index contributed by atoms with van der Waals surface area (Å²) in [5, 5.41) is 0. The Bertz CT molecular complexity index is 1100. The summed E-state index contributed by atoms with van der Waals surface area (Å²) in [5.41, 5.74) is 3.62. The van der Waals surface area contributed by atoms with Crippen LogP contribution in [0.25, 0.3) is 0 Å². The van der Waals surface area contributed by atoms with E-state index in [9.17, 15) is 13.2 Å². The highest BCUT2D eigenvalue weighted by Gasteiger charge is 2.38. The van der Waals surface area contributed by atoms with Gasteiger partial charge in [-0.2, -0.15) is 0 Å². The van der Waals surface area contributed by atoms with Gasteiger partial charge in [0.1, 0.15) is 0 Å². The molecule has 2 aromatic rings. The first-order valence-electron chi connectivity index (χ1n) is 10.0. The minimum absolute atomic E-state index is 0.0573. The summed E-state index contributed by atoms with van der Waals surface area (Å²) in [7, 11) is -0.544. The smallest absolute Gasteiger partial charge is 0.240 e. The molecule has 0 radical (unpaired) electrons. The summed E-state index contributed by atoms with van der Waals surface area (Å²) in [4.78, 5) is 14.5. The first-order valence-corrected chi connectivity index (χ1v) is 11.5. The van der Waals surface area contributed by atoms with Gasteiger partial charge in [0.25, 0.3) is 0 Å². The molecule has 2 aromatic carbocycles. The van der Waals surface area contributed by atoms with E-state index in [-0.39, 0.29) is 23.3 Å². The first-order chi connectivity index (χ1) is 14.4. The maximum atomic E-state index is 12.9. The van der Waals surface area contributed by atoms with Crippen LogP contribution in [-0.2, 0) is 27.7 Å². The molecule has 160 valence electrons. The highest BCUT2D eigenvalue weighted by atomic mass is 32.2. The molecule has 1 unspecified atom stereocenters. The van der Waals surface area contributed by atoms with E-state index < -0.39 is 10.0 Å². The van der Waals surface area contributed by atoms with Gasteiger partial charge < -0.3 is 14.4 Å². The number of hydrogen-bond donors (Lipinski definition) is 1. The van der Waals surface area contributed by atoms with Crippen molar-refractivity contribution in [2.24, 2.45) is 0 Å². The van der Waals surface area contributed by atoms with Crippen LogP contribution in [0.2, 0.25) is 0 Å². The Morgan fingerprint density at radius 2 is 1.90 bits per heavy atom. The first kappa shape index (κ1) is 20.7. The number of nitrogens with one attached hydrogen (secondary N) is 1. The van der Waals surface area contributed by atoms with Gasteiger partial charge in [-0.05, 0) is 67.1 Å². The number of sulfonamides is 1. The van der Waals surface area contributed by atoms with Gasteiger partial charge in [0.2, 0.25) is 15.9 Å². The zero-order valence-electron chi connectivity index (χ0n) is 17.4. The number of amides is 1. The fraction of sp³-hybridized carbons (Fsp3) is 0.409. The molecule has 4 rings (SSSR count). The summed E-state index contributed by atoms with van der Waals surface area (Å²) in [6.45, 7) is 2.81. The molecule has 0 aromatic heterocycles. The van der Waals surface area contributed by atoms with Crippen LogP contribution in [-0.4, -0.2) is 41.6 Å². The predicted octanol–water partition coefficient (Wildman–Crippen LogP) is 2.62. The summed E-state index contributed by atoms with van der Waals surface area (Å²) in [6, 6.07) is 8.91. The molecule has 0 aliphatic carbocycles. The van der Waals surface area contributed by atoms with Gasteiger partial charge in [-0.15, -0.1) is 0 Å². The molecule has 0 bridgehead atoms. The van der Waals surface area contributed by atoms with Crippen molar-refractivity contribution in [3.05, 3.63) is 47.0 Å². The normalized spacial score (nSPS) is 17.8. The Morgan fingerprint density at radius 1 is 1.13 bits per heavy atom. The van der Waals surface area contributed by atoms with E-state index in [1.807, 2.05) is 19.1 Å². The average molecular weight is 431 g/mol. The average Bonchev–Trinajstić information content (AvgIpc) is 3.00. The number of ether oxygens (including phenoxy) is 2. The Kier molecular flexibility index (Phi) is 5.46. The van der Waals surface area contributed by atoms with Crippen molar-refractivity contribution < 1.29 is 22.7 Å². The number of methoxy groups -OCH3 is 2. The van der Waals surface area contributed by atoms with Gasteiger partial charge in [-0.3, -0.25) is 4.79 Å². The highest BCUT2D eigenvalue weighted by molar-refractivity contribution is 7.89. The number of benzene rings is 2. The van der Waals surface area contributed by atoms with Crippen molar-refractivity contribution in [1.29, 1.82) is 0 Å². The number of rotatable bonds is 7. The molecular formula is C22H26N2O5S. The van der Waals surface area contributed by atoms with Crippen molar-refractivity contribution >= 4 is 21.6 Å². The number of anilines is 1. The van der Waals surface area contributed by atoms with E-state index in [1.54, 1.807) is 37.3 Å². The SMILES string of the molecule is COc1ccc(CCNS(=O)(=O)c2cc3c4c(c2)C(C)C(=O)N4CCC3)cc1OC. The lowest BCUT2D eigenvalue weighted by Gasteiger charge is -2.26. The van der Waals surface area contributed by atoms with Gasteiger partial charge in [-0.1, -0.05) is 6.07 Å². The Balaban J connectivity index is 1.52. The molecule has 0 spiro atoms. The van der Waals surface area contributed by atoms with Crippen LogP contribution < -0.4 is 19.1 Å². The molecule has 0 saturated heterocycles. The number of carbonyl (C=O) groups is 1. The molecule has 0 fully saturated rings. The van der Waals surface area contributed by atoms with E-state index in [4.69, 9.17) is 9.47 Å². The Labute approximate surface area is 177 Å². The van der Waals surface area contributed by atoms with Crippen LogP contribution in [0.3, 0.4) is 0 Å². The Morgan fingerprint density at radius 3 is 2.63 bits per heavy atom. The van der Waals surface area contributed by atoms with Crippen LogP contribution >= 0.6 is 0 Å². The fourth-order valence-electron chi connectivity index (χ4n) is 4.27. The van der Waals surface area contributed by atoms with Crippen LogP contribution in [0.15, 0.2) is 35.2 Å². The molecule has 1 N–H and O–H groups in total. The third-order valence-electron chi connectivity index (χ3n) is 5.86. The second-order valence-corrected chi connectivity index (χ2v) is 9.44. The third-order valence-corrected chi connectivity index (χ3v) is 7.30. The second kappa shape index (κ2) is 7.92. The number of nitrogens with zero attached hydrogens (tertiary/aromatic N) is 1. The lowest BCUT2D eigenvalue weighted by atomic mass is 9.97. The van der Waals surface area contributed by atoms with E-state index in [2.05, 4.69) is 4.72 Å². The van der Waals surface area contributed by atoms with Gasteiger partial charge >= 0.3 is 0 Å². The minimum Gasteiger partial charge on any atom is -0.493 e. The molecular weight excluding hydrogens is 404 g/mol. The second-order valence-electron chi connectivity index (χ2n) is 7.67. The monoisotopic (exact) mass is 430 g/mol. The van der Waals surface area contributed by atoms with Crippen molar-refractivity contribution in [1.82, 2.24) is 4.72 Å². The van der Waals surface area contributed by atoms with Gasteiger partial charge in [0.05, 0.1) is 30.7 Å². The zero-order chi connectivity index (χ0) is 21.5. The maximum Gasteiger partial charge on any atom is 0.240 e. The van der Waals surface area contributed by atoms with Gasteiger partial charge in [0.15, 0.2) is 11.5 Å². The van der Waals surface area contributed by atoms with Crippen molar-refractivity contribution in [2.75, 3.05) is 32.2 Å². The van der Waals surface area contributed by atoms with Crippen LogP contribution in [0.5, 0.6) is 11.5 Å². The third kappa shape index (κ3) is 3.54. The summed E-state index contributed by atoms with van der Waals surface area (Å²) < 4.78 is 39.1. The number of aryl methyl sites for hydroxylation is 1. The van der Waals surface area contributed by atoms with E-state index >= 15 is 0 Å². The largest absolute Gasteiger partial charge is 0.493 e. The van der Waals surface area contributed by atoms with Gasteiger partial charge in [-0.25, -0.2) is 13.1 Å². The molecule has 8 heteroatoms. The fourth-order valence-corrected chi connectivity index (χ4v) is 5.39. The molecule has 2 heterocycles. The Hall–Kier alpha value is -2.58. The van der Waals surface area contributed by atoms with Crippen LogP contribution in [0.1, 0.15) is 36.0 Å². The number of hydrogen-bond acceptors (Lipinski definition) is 5. The predicted molar refractivity (Wildman–Crippen MR) is 114 cm³/mol. The van der Waals surface area contributed by atoms with E-state index in [0.717, 1.165) is 35.2 Å².